The van der Waals surface area contributed by atoms with Crippen molar-refractivity contribution in [1.82, 2.24) is 0 Å². The van der Waals surface area contributed by atoms with Crippen LogP contribution in [0.4, 0.5) is 15.8 Å². The molecule has 0 atom stereocenters. The molecule has 0 spiro atoms. The third-order valence-corrected chi connectivity index (χ3v) is 4.85. The van der Waals surface area contributed by atoms with E-state index in [1.165, 1.54) is 6.07 Å². The van der Waals surface area contributed by atoms with Crippen LogP contribution >= 0.6 is 0 Å². The maximum Gasteiger partial charge on any atom is 0.255 e. The lowest BCUT2D eigenvalue weighted by molar-refractivity contribution is -0.119. The second-order valence-corrected chi connectivity index (χ2v) is 6.74. The molecule has 1 aliphatic rings. The summed E-state index contributed by atoms with van der Waals surface area (Å²) < 4.78 is 13.6. The van der Waals surface area contributed by atoms with Gasteiger partial charge in [-0.3, -0.25) is 9.59 Å². The van der Waals surface area contributed by atoms with Crippen LogP contribution in [0.1, 0.15) is 47.2 Å². The lowest BCUT2D eigenvalue weighted by Gasteiger charge is -2.15. The van der Waals surface area contributed by atoms with E-state index in [4.69, 9.17) is 5.26 Å². The molecule has 138 valence electrons. The van der Waals surface area contributed by atoms with Gasteiger partial charge in [-0.2, -0.15) is 5.26 Å². The third-order valence-electron chi connectivity index (χ3n) is 4.85. The summed E-state index contributed by atoms with van der Waals surface area (Å²) >= 11 is 0. The fourth-order valence-corrected chi connectivity index (χ4v) is 3.31. The summed E-state index contributed by atoms with van der Waals surface area (Å²) in [6.07, 6.45) is 3.96. The number of hydrogen-bond acceptors (Lipinski definition) is 3. The Hall–Kier alpha value is -3.20. The Morgan fingerprint density at radius 2 is 1.78 bits per heavy atom. The van der Waals surface area contributed by atoms with Gasteiger partial charge >= 0.3 is 0 Å². The van der Waals surface area contributed by atoms with E-state index in [1.807, 2.05) is 6.07 Å². The molecular weight excluding hydrogens is 345 g/mol. The monoisotopic (exact) mass is 365 g/mol. The van der Waals surface area contributed by atoms with E-state index < -0.39 is 11.7 Å². The lowest BCUT2D eigenvalue weighted by atomic mass is 10.1. The van der Waals surface area contributed by atoms with Gasteiger partial charge in [0.2, 0.25) is 5.91 Å². The van der Waals surface area contributed by atoms with Crippen molar-refractivity contribution in [3.8, 4) is 6.07 Å². The van der Waals surface area contributed by atoms with Crippen LogP contribution in [0.15, 0.2) is 36.4 Å². The van der Waals surface area contributed by atoms with Gasteiger partial charge in [0.1, 0.15) is 5.82 Å². The summed E-state index contributed by atoms with van der Waals surface area (Å²) in [5.41, 5.74) is 2.02. The van der Waals surface area contributed by atoms with E-state index in [0.717, 1.165) is 37.8 Å². The third kappa shape index (κ3) is 4.32. The predicted molar refractivity (Wildman–Crippen MR) is 101 cm³/mol. The van der Waals surface area contributed by atoms with Crippen LogP contribution in [0.25, 0.3) is 0 Å². The van der Waals surface area contributed by atoms with Crippen LogP contribution in [0.2, 0.25) is 0 Å². The SMILES string of the molecule is Cc1c(NC(=O)c2cc(F)cc(C#N)c2)cccc1NC(=O)C1CCCC1. The van der Waals surface area contributed by atoms with Crippen molar-refractivity contribution in [2.24, 2.45) is 5.92 Å². The van der Waals surface area contributed by atoms with E-state index in [2.05, 4.69) is 10.6 Å². The minimum Gasteiger partial charge on any atom is -0.326 e. The topological polar surface area (TPSA) is 82.0 Å². The number of amides is 2. The molecule has 0 bridgehead atoms. The summed E-state index contributed by atoms with van der Waals surface area (Å²) in [5.74, 6) is -1.12. The summed E-state index contributed by atoms with van der Waals surface area (Å²) in [6.45, 7) is 1.80. The fourth-order valence-electron chi connectivity index (χ4n) is 3.31. The summed E-state index contributed by atoms with van der Waals surface area (Å²) in [6, 6.07) is 10.5. The number of anilines is 2. The van der Waals surface area contributed by atoms with Crippen LogP contribution < -0.4 is 10.6 Å². The van der Waals surface area contributed by atoms with Gasteiger partial charge in [0.25, 0.3) is 5.91 Å². The van der Waals surface area contributed by atoms with Crippen molar-refractivity contribution >= 4 is 23.2 Å². The number of halogens is 1. The highest BCUT2D eigenvalue weighted by molar-refractivity contribution is 6.05. The molecule has 1 saturated carbocycles. The Morgan fingerprint density at radius 1 is 1.11 bits per heavy atom. The van der Waals surface area contributed by atoms with Crippen LogP contribution in [0.3, 0.4) is 0 Å². The molecule has 0 aliphatic heterocycles. The molecule has 1 aliphatic carbocycles. The molecule has 27 heavy (non-hydrogen) atoms. The number of nitrogens with zero attached hydrogens (tertiary/aromatic N) is 1. The molecule has 2 N–H and O–H groups in total. The summed E-state index contributed by atoms with van der Waals surface area (Å²) in [4.78, 5) is 24.8. The van der Waals surface area contributed by atoms with Crippen LogP contribution in [0, 0.1) is 30.0 Å². The zero-order valence-corrected chi connectivity index (χ0v) is 15.0. The average Bonchev–Trinajstić information content (AvgIpc) is 3.19. The molecule has 0 heterocycles. The summed E-state index contributed by atoms with van der Waals surface area (Å²) in [7, 11) is 0. The molecule has 6 heteroatoms. The number of carbonyl (C=O) groups excluding carboxylic acids is 2. The van der Waals surface area contributed by atoms with Crippen molar-refractivity contribution in [1.29, 1.82) is 5.26 Å². The van der Waals surface area contributed by atoms with Crippen molar-refractivity contribution in [3.05, 3.63) is 58.9 Å². The maximum absolute atomic E-state index is 13.6. The Morgan fingerprint density at radius 3 is 2.44 bits per heavy atom. The summed E-state index contributed by atoms with van der Waals surface area (Å²) in [5, 5.41) is 14.6. The van der Waals surface area contributed by atoms with E-state index in [-0.39, 0.29) is 23.0 Å². The van der Waals surface area contributed by atoms with Gasteiger partial charge in [-0.25, -0.2) is 4.39 Å². The first-order valence-corrected chi connectivity index (χ1v) is 8.90. The molecule has 5 nitrogen and oxygen atoms in total. The minimum atomic E-state index is -0.645. The highest BCUT2D eigenvalue weighted by Crippen LogP contribution is 2.28. The van der Waals surface area contributed by atoms with E-state index in [1.54, 1.807) is 25.1 Å². The number of nitrogens with one attached hydrogen (secondary N) is 2. The molecule has 2 aromatic rings. The van der Waals surface area contributed by atoms with E-state index in [9.17, 15) is 14.0 Å². The van der Waals surface area contributed by atoms with Crippen molar-refractivity contribution in [2.45, 2.75) is 32.6 Å². The molecule has 0 aromatic heterocycles. The van der Waals surface area contributed by atoms with E-state index >= 15 is 0 Å². The normalized spacial score (nSPS) is 13.8. The van der Waals surface area contributed by atoms with Crippen molar-refractivity contribution in [2.75, 3.05) is 10.6 Å². The van der Waals surface area contributed by atoms with Crippen molar-refractivity contribution in [3.63, 3.8) is 0 Å². The minimum absolute atomic E-state index is 0.00266. The Kier molecular flexibility index (Phi) is 5.51. The smallest absolute Gasteiger partial charge is 0.255 e. The van der Waals surface area contributed by atoms with Gasteiger partial charge in [0, 0.05) is 22.9 Å². The first-order chi connectivity index (χ1) is 13.0. The maximum atomic E-state index is 13.6. The quantitative estimate of drug-likeness (QED) is 0.843. The molecule has 1 fully saturated rings. The Labute approximate surface area is 157 Å². The number of carbonyl (C=O) groups is 2. The number of benzene rings is 2. The molecule has 2 aromatic carbocycles. The van der Waals surface area contributed by atoms with Gasteiger partial charge in [-0.15, -0.1) is 0 Å². The van der Waals surface area contributed by atoms with Crippen molar-refractivity contribution < 1.29 is 14.0 Å². The lowest BCUT2D eigenvalue weighted by Crippen LogP contribution is -2.21. The molecule has 0 radical (unpaired) electrons. The average molecular weight is 365 g/mol. The molecule has 3 rings (SSSR count). The second-order valence-electron chi connectivity index (χ2n) is 6.74. The standard InChI is InChI=1S/C21H20FN3O2/c1-13-18(24-20(26)15-5-2-3-6-15)7-4-8-19(13)25-21(27)16-9-14(12-23)10-17(22)11-16/h4,7-11,15H,2-3,5-6H2,1H3,(H,24,26)(H,25,27). The van der Waals surface area contributed by atoms with Crippen LogP contribution in [-0.4, -0.2) is 11.8 Å². The number of rotatable bonds is 4. The van der Waals surface area contributed by atoms with Gasteiger partial charge in [-0.05, 0) is 55.7 Å². The Bertz CT molecular complexity index is 928. The highest BCUT2D eigenvalue weighted by Gasteiger charge is 2.23. The zero-order chi connectivity index (χ0) is 19.4. The first kappa shape index (κ1) is 18.6. The molecule has 0 unspecified atom stereocenters. The predicted octanol–water partition coefficient (Wildman–Crippen LogP) is 4.39. The van der Waals surface area contributed by atoms with Gasteiger partial charge < -0.3 is 10.6 Å². The van der Waals surface area contributed by atoms with Crippen LogP contribution in [-0.2, 0) is 4.79 Å². The molecule has 0 saturated heterocycles. The molecule has 2 amide bonds. The first-order valence-electron chi connectivity index (χ1n) is 8.90. The number of hydrogen-bond donors (Lipinski definition) is 2. The van der Waals surface area contributed by atoms with Gasteiger partial charge in [0.15, 0.2) is 0 Å². The highest BCUT2D eigenvalue weighted by atomic mass is 19.1. The number of nitriles is 1. The fraction of sp³-hybridized carbons (Fsp3) is 0.286. The van der Waals surface area contributed by atoms with Gasteiger partial charge in [0.05, 0.1) is 11.6 Å². The zero-order valence-electron chi connectivity index (χ0n) is 15.0. The Balaban J connectivity index is 1.77. The van der Waals surface area contributed by atoms with E-state index in [0.29, 0.717) is 16.9 Å². The second kappa shape index (κ2) is 8.00. The largest absolute Gasteiger partial charge is 0.326 e. The molecular formula is C21H20FN3O2. The van der Waals surface area contributed by atoms with Gasteiger partial charge in [-0.1, -0.05) is 18.9 Å². The van der Waals surface area contributed by atoms with Crippen LogP contribution in [0.5, 0.6) is 0 Å².